The van der Waals surface area contributed by atoms with Crippen LogP contribution in [-0.4, -0.2) is 51.2 Å². The van der Waals surface area contributed by atoms with Crippen LogP contribution in [0.1, 0.15) is 44.7 Å². The SMILES string of the molecule is C[C@@]12CC[C@@H](C3CC4C=CC=CC43)N1C(=O)C1(CCN(c3cc(C#N)ncn3)CC1)O2. The van der Waals surface area contributed by atoms with E-state index in [1.54, 1.807) is 6.07 Å². The van der Waals surface area contributed by atoms with Gasteiger partial charge in [0.15, 0.2) is 5.60 Å². The lowest BCUT2D eigenvalue weighted by Crippen LogP contribution is -2.55. The summed E-state index contributed by atoms with van der Waals surface area (Å²) in [7, 11) is 0. The number of hydrogen-bond donors (Lipinski definition) is 0. The van der Waals surface area contributed by atoms with Gasteiger partial charge in [-0.1, -0.05) is 24.3 Å². The number of piperidine rings is 1. The van der Waals surface area contributed by atoms with E-state index >= 15 is 0 Å². The molecular formula is C24H27N5O2. The third kappa shape index (κ3) is 2.71. The first-order valence-corrected chi connectivity index (χ1v) is 11.4. The number of amides is 1. The summed E-state index contributed by atoms with van der Waals surface area (Å²) < 4.78 is 6.66. The van der Waals surface area contributed by atoms with Crippen LogP contribution in [0.5, 0.6) is 0 Å². The summed E-state index contributed by atoms with van der Waals surface area (Å²) in [5.74, 6) is 2.69. The van der Waals surface area contributed by atoms with Crippen molar-refractivity contribution in [2.75, 3.05) is 18.0 Å². The van der Waals surface area contributed by atoms with Crippen LogP contribution >= 0.6 is 0 Å². The fourth-order valence-electron chi connectivity index (χ4n) is 6.62. The fraction of sp³-hybridized carbons (Fsp3) is 0.583. The van der Waals surface area contributed by atoms with Crippen LogP contribution in [0.15, 0.2) is 36.7 Å². The second kappa shape index (κ2) is 6.64. The Morgan fingerprint density at radius 2 is 2.00 bits per heavy atom. The second-order valence-electron chi connectivity index (χ2n) is 9.82. The van der Waals surface area contributed by atoms with Crippen LogP contribution in [0.2, 0.25) is 0 Å². The van der Waals surface area contributed by atoms with Crippen molar-refractivity contribution in [3.8, 4) is 6.07 Å². The van der Waals surface area contributed by atoms with Gasteiger partial charge in [-0.05, 0) is 43.9 Å². The van der Waals surface area contributed by atoms with E-state index in [0.717, 1.165) is 18.7 Å². The summed E-state index contributed by atoms with van der Waals surface area (Å²) in [6.07, 6.45) is 14.8. The predicted octanol–water partition coefficient (Wildman–Crippen LogP) is 2.80. The van der Waals surface area contributed by atoms with Crippen molar-refractivity contribution in [3.05, 3.63) is 42.4 Å². The van der Waals surface area contributed by atoms with Crippen LogP contribution in [0.4, 0.5) is 5.82 Å². The molecule has 0 aromatic carbocycles. The zero-order valence-corrected chi connectivity index (χ0v) is 17.8. The maximum Gasteiger partial charge on any atom is 0.257 e. The van der Waals surface area contributed by atoms with E-state index in [4.69, 9.17) is 10.00 Å². The number of ether oxygens (including phenoxy) is 1. The second-order valence-corrected chi connectivity index (χ2v) is 9.82. The lowest BCUT2D eigenvalue weighted by molar-refractivity contribution is -0.143. The molecule has 2 aliphatic carbocycles. The van der Waals surface area contributed by atoms with Gasteiger partial charge in [-0.3, -0.25) is 4.79 Å². The van der Waals surface area contributed by atoms with Gasteiger partial charge in [-0.15, -0.1) is 0 Å². The number of nitrogens with zero attached hydrogens (tertiary/aromatic N) is 5. The standard InChI is InChI=1S/C24H27N5O2/c1-23-7-6-20(19-12-16-4-2-3-5-18(16)19)29(23)22(30)24(31-23)8-10-28(11-9-24)21-13-17(14-25)26-15-27-21/h2-5,13,15-16,18-20H,6-12H2,1H3/t16?,18?,19?,20-,23+/m0/s1. The smallest absolute Gasteiger partial charge is 0.257 e. The average Bonchev–Trinajstić information content (AvgIpc) is 3.20. The summed E-state index contributed by atoms with van der Waals surface area (Å²) in [6.45, 7) is 3.48. The maximum absolute atomic E-state index is 13.8. The Kier molecular flexibility index (Phi) is 4.07. The molecule has 0 N–H and O–H groups in total. The van der Waals surface area contributed by atoms with Crippen LogP contribution < -0.4 is 4.90 Å². The molecule has 160 valence electrons. The zero-order valence-electron chi connectivity index (χ0n) is 17.8. The summed E-state index contributed by atoms with van der Waals surface area (Å²) in [5.41, 5.74) is -0.841. The highest BCUT2D eigenvalue weighted by Crippen LogP contribution is 2.56. The Morgan fingerprint density at radius 1 is 1.19 bits per heavy atom. The highest BCUT2D eigenvalue weighted by molar-refractivity contribution is 5.89. The third-order valence-corrected chi connectivity index (χ3v) is 8.26. The molecule has 4 fully saturated rings. The van der Waals surface area contributed by atoms with Gasteiger partial charge in [-0.2, -0.15) is 5.26 Å². The van der Waals surface area contributed by atoms with Crippen molar-refractivity contribution in [2.45, 2.75) is 56.4 Å². The van der Waals surface area contributed by atoms with E-state index in [1.807, 2.05) is 0 Å². The number of carbonyl (C=O) groups is 1. The molecule has 1 aromatic rings. The topological polar surface area (TPSA) is 82.4 Å². The van der Waals surface area contributed by atoms with Crippen LogP contribution in [0.25, 0.3) is 0 Å². The van der Waals surface area contributed by atoms with Gasteiger partial charge in [0.25, 0.3) is 5.91 Å². The van der Waals surface area contributed by atoms with Crippen LogP contribution in [0.3, 0.4) is 0 Å². The summed E-state index contributed by atoms with van der Waals surface area (Å²) in [5, 5.41) is 9.11. The molecule has 7 heteroatoms. The van der Waals surface area contributed by atoms with Crippen LogP contribution in [0, 0.1) is 29.1 Å². The molecule has 5 aliphatic rings. The third-order valence-electron chi connectivity index (χ3n) is 8.26. The van der Waals surface area contributed by atoms with Crippen molar-refractivity contribution >= 4 is 11.7 Å². The van der Waals surface area contributed by atoms with Crippen LogP contribution in [-0.2, 0) is 9.53 Å². The monoisotopic (exact) mass is 417 g/mol. The van der Waals surface area contributed by atoms with E-state index < -0.39 is 11.3 Å². The van der Waals surface area contributed by atoms with E-state index in [9.17, 15) is 4.79 Å². The molecule has 31 heavy (non-hydrogen) atoms. The molecule has 3 unspecified atom stereocenters. The molecular weight excluding hydrogens is 390 g/mol. The fourth-order valence-corrected chi connectivity index (χ4v) is 6.62. The van der Waals surface area contributed by atoms with Gasteiger partial charge in [-0.25, -0.2) is 9.97 Å². The highest BCUT2D eigenvalue weighted by atomic mass is 16.6. The predicted molar refractivity (Wildman–Crippen MR) is 114 cm³/mol. The Balaban J connectivity index is 1.20. The number of hydrogen-bond acceptors (Lipinski definition) is 6. The van der Waals surface area contributed by atoms with Gasteiger partial charge in [0.1, 0.15) is 29.6 Å². The molecule has 3 saturated heterocycles. The van der Waals surface area contributed by atoms with Crippen molar-refractivity contribution in [1.29, 1.82) is 5.26 Å². The quantitative estimate of drug-likeness (QED) is 0.736. The molecule has 1 saturated carbocycles. The Labute approximate surface area is 182 Å². The summed E-state index contributed by atoms with van der Waals surface area (Å²) in [6, 6.07) is 4.06. The van der Waals surface area contributed by atoms with E-state index in [2.05, 4.69) is 57.1 Å². The minimum absolute atomic E-state index is 0.191. The number of nitriles is 1. The average molecular weight is 418 g/mol. The molecule has 6 rings (SSSR count). The van der Waals surface area contributed by atoms with Crippen molar-refractivity contribution in [3.63, 3.8) is 0 Å². The highest BCUT2D eigenvalue weighted by Gasteiger charge is 2.65. The molecule has 4 heterocycles. The molecule has 5 atom stereocenters. The lowest BCUT2D eigenvalue weighted by atomic mass is 9.60. The molecule has 7 nitrogen and oxygen atoms in total. The van der Waals surface area contributed by atoms with Gasteiger partial charge in [0.2, 0.25) is 0 Å². The Morgan fingerprint density at radius 3 is 2.77 bits per heavy atom. The maximum atomic E-state index is 13.8. The van der Waals surface area contributed by atoms with Gasteiger partial charge in [0, 0.05) is 38.0 Å². The summed E-state index contributed by atoms with van der Waals surface area (Å²) in [4.78, 5) is 26.4. The molecule has 3 aliphatic heterocycles. The number of allylic oxidation sites excluding steroid dienone is 4. The minimum atomic E-state index is -0.722. The molecule has 1 aromatic heterocycles. The normalized spacial score (nSPS) is 37.5. The molecule has 0 radical (unpaired) electrons. The van der Waals surface area contributed by atoms with Gasteiger partial charge in [0.05, 0.1) is 0 Å². The summed E-state index contributed by atoms with van der Waals surface area (Å²) >= 11 is 0. The molecule has 1 amide bonds. The van der Waals surface area contributed by atoms with Gasteiger partial charge < -0.3 is 14.5 Å². The number of aromatic nitrogens is 2. The van der Waals surface area contributed by atoms with Crippen molar-refractivity contribution < 1.29 is 9.53 Å². The first kappa shape index (κ1) is 19.0. The first-order chi connectivity index (χ1) is 15.0. The van der Waals surface area contributed by atoms with Gasteiger partial charge >= 0.3 is 0 Å². The molecule has 0 bridgehead atoms. The largest absolute Gasteiger partial charge is 0.356 e. The van der Waals surface area contributed by atoms with Crippen molar-refractivity contribution in [1.82, 2.24) is 14.9 Å². The number of anilines is 1. The first-order valence-electron chi connectivity index (χ1n) is 11.4. The van der Waals surface area contributed by atoms with E-state index in [0.29, 0.717) is 49.4 Å². The zero-order chi connectivity index (χ0) is 21.2. The Hall–Kier alpha value is -2.72. The lowest BCUT2D eigenvalue weighted by Gasteiger charge is -2.49. The van der Waals surface area contributed by atoms with E-state index in [1.165, 1.54) is 12.7 Å². The van der Waals surface area contributed by atoms with E-state index in [-0.39, 0.29) is 11.9 Å². The minimum Gasteiger partial charge on any atom is -0.356 e. The van der Waals surface area contributed by atoms with Crippen molar-refractivity contribution in [2.24, 2.45) is 17.8 Å². The Bertz CT molecular complexity index is 1020. The molecule has 1 spiro atoms. The number of rotatable bonds is 2. The number of carbonyl (C=O) groups excluding carboxylic acids is 1. The number of fused-ring (bicyclic) bond motifs is 2.